The highest BCUT2D eigenvalue weighted by atomic mass is 32.2. The van der Waals surface area contributed by atoms with Crippen LogP contribution in [0.4, 0.5) is 0 Å². The first-order valence-corrected chi connectivity index (χ1v) is 7.91. The van der Waals surface area contributed by atoms with E-state index in [2.05, 4.69) is 48.3 Å². The van der Waals surface area contributed by atoms with Crippen LogP contribution in [0.1, 0.15) is 9.75 Å². The van der Waals surface area contributed by atoms with Crippen LogP contribution in [0.25, 0.3) is 0 Å². The second kappa shape index (κ2) is 5.01. The Labute approximate surface area is 97.3 Å². The number of thioether (sulfide) groups is 2. The number of thiol groups is 1. The molecule has 0 unspecified atom stereocenters. The van der Waals surface area contributed by atoms with Gasteiger partial charge in [-0.3, -0.25) is 0 Å². The van der Waals surface area contributed by atoms with Gasteiger partial charge in [0.15, 0.2) is 0 Å². The van der Waals surface area contributed by atoms with E-state index in [0.717, 1.165) is 11.0 Å². The lowest BCUT2D eigenvalue weighted by atomic mass is 10.5. The van der Waals surface area contributed by atoms with Gasteiger partial charge in [0.1, 0.15) is 0 Å². The normalized spacial score (nSPS) is 17.3. The monoisotopic (exact) mass is 248 g/mol. The SMILES string of the molecule is SCc1ccc(CSC2CSC2)s1. The molecule has 1 aliphatic heterocycles. The van der Waals surface area contributed by atoms with Crippen LogP contribution >= 0.6 is 47.5 Å². The van der Waals surface area contributed by atoms with Crippen molar-refractivity contribution in [3.05, 3.63) is 21.9 Å². The standard InChI is InChI=1S/C9H12S4/c10-3-7-1-2-8(13-7)6-12-9-4-11-5-9/h1-2,9-10H,3-6H2. The fourth-order valence-electron chi connectivity index (χ4n) is 1.10. The highest BCUT2D eigenvalue weighted by Gasteiger charge is 2.18. The van der Waals surface area contributed by atoms with Crippen molar-refractivity contribution in [3.8, 4) is 0 Å². The molecule has 0 N–H and O–H groups in total. The zero-order chi connectivity index (χ0) is 9.10. The van der Waals surface area contributed by atoms with Crippen molar-refractivity contribution >= 4 is 47.5 Å². The summed E-state index contributed by atoms with van der Waals surface area (Å²) in [5.41, 5.74) is 0. The van der Waals surface area contributed by atoms with E-state index in [1.165, 1.54) is 27.0 Å². The van der Waals surface area contributed by atoms with Crippen molar-refractivity contribution in [1.82, 2.24) is 0 Å². The molecule has 0 aromatic carbocycles. The minimum Gasteiger partial charge on any atom is -0.174 e. The van der Waals surface area contributed by atoms with Gasteiger partial charge >= 0.3 is 0 Å². The van der Waals surface area contributed by atoms with Crippen LogP contribution in [0, 0.1) is 0 Å². The maximum Gasteiger partial charge on any atom is 0.0282 e. The van der Waals surface area contributed by atoms with Gasteiger partial charge in [-0.2, -0.15) is 36.2 Å². The highest BCUT2D eigenvalue weighted by Crippen LogP contribution is 2.33. The third kappa shape index (κ3) is 2.85. The molecule has 1 aliphatic rings. The number of rotatable bonds is 4. The molecular formula is C9H12S4. The van der Waals surface area contributed by atoms with Crippen molar-refractivity contribution in [2.24, 2.45) is 0 Å². The molecule has 2 rings (SSSR count). The Morgan fingerprint density at radius 2 is 2.15 bits per heavy atom. The Morgan fingerprint density at radius 3 is 2.69 bits per heavy atom. The van der Waals surface area contributed by atoms with Crippen LogP contribution < -0.4 is 0 Å². The molecule has 2 heterocycles. The van der Waals surface area contributed by atoms with Crippen molar-refractivity contribution in [3.63, 3.8) is 0 Å². The maximum absolute atomic E-state index is 4.26. The predicted molar refractivity (Wildman–Crippen MR) is 69.4 cm³/mol. The lowest BCUT2D eigenvalue weighted by Crippen LogP contribution is -2.20. The van der Waals surface area contributed by atoms with Crippen molar-refractivity contribution in [2.45, 2.75) is 16.8 Å². The summed E-state index contributed by atoms with van der Waals surface area (Å²) in [7, 11) is 0. The molecule has 13 heavy (non-hydrogen) atoms. The number of hydrogen-bond acceptors (Lipinski definition) is 4. The zero-order valence-corrected chi connectivity index (χ0v) is 10.6. The minimum atomic E-state index is 0.884. The van der Waals surface area contributed by atoms with E-state index in [9.17, 15) is 0 Å². The van der Waals surface area contributed by atoms with E-state index in [-0.39, 0.29) is 0 Å². The molecule has 0 atom stereocenters. The Bertz CT molecular complexity index is 264. The van der Waals surface area contributed by atoms with Crippen LogP contribution in [-0.4, -0.2) is 16.8 Å². The van der Waals surface area contributed by atoms with E-state index >= 15 is 0 Å². The molecule has 0 amide bonds. The van der Waals surface area contributed by atoms with Crippen LogP contribution in [0.3, 0.4) is 0 Å². The van der Waals surface area contributed by atoms with Gasteiger partial charge in [0.05, 0.1) is 0 Å². The maximum atomic E-state index is 4.26. The van der Waals surface area contributed by atoms with E-state index in [4.69, 9.17) is 0 Å². The van der Waals surface area contributed by atoms with Gasteiger partial charge in [-0.15, -0.1) is 11.3 Å². The van der Waals surface area contributed by atoms with Crippen molar-refractivity contribution in [2.75, 3.05) is 11.5 Å². The first kappa shape index (κ1) is 10.3. The molecular weight excluding hydrogens is 236 g/mol. The third-order valence-corrected chi connectivity index (χ3v) is 6.75. The van der Waals surface area contributed by atoms with E-state index in [0.29, 0.717) is 0 Å². The van der Waals surface area contributed by atoms with Crippen molar-refractivity contribution < 1.29 is 0 Å². The van der Waals surface area contributed by atoms with Crippen molar-refractivity contribution in [1.29, 1.82) is 0 Å². The van der Waals surface area contributed by atoms with Gasteiger partial charge in [-0.25, -0.2) is 0 Å². The smallest absolute Gasteiger partial charge is 0.0282 e. The average molecular weight is 248 g/mol. The zero-order valence-electron chi connectivity index (χ0n) is 7.23. The molecule has 0 radical (unpaired) electrons. The fraction of sp³-hybridized carbons (Fsp3) is 0.556. The van der Waals surface area contributed by atoms with Crippen LogP contribution in [0.5, 0.6) is 0 Å². The number of hydrogen-bond donors (Lipinski definition) is 1. The Morgan fingerprint density at radius 1 is 1.38 bits per heavy atom. The molecule has 1 saturated heterocycles. The Hall–Kier alpha value is 0.750. The molecule has 0 bridgehead atoms. The topological polar surface area (TPSA) is 0 Å². The second-order valence-corrected chi connectivity index (χ2v) is 6.93. The largest absolute Gasteiger partial charge is 0.174 e. The first-order chi connectivity index (χ1) is 6.38. The van der Waals surface area contributed by atoms with Gasteiger partial charge in [-0.05, 0) is 12.1 Å². The summed E-state index contributed by atoms with van der Waals surface area (Å²) in [5.74, 6) is 4.79. The van der Waals surface area contributed by atoms with Gasteiger partial charge in [0, 0.05) is 38.0 Å². The molecule has 4 heteroatoms. The minimum absolute atomic E-state index is 0.884. The molecule has 0 spiro atoms. The molecule has 0 aliphatic carbocycles. The molecule has 1 fully saturated rings. The first-order valence-electron chi connectivity index (χ1n) is 4.26. The summed E-state index contributed by atoms with van der Waals surface area (Å²) < 4.78 is 0. The highest BCUT2D eigenvalue weighted by molar-refractivity contribution is 8.07. The Kier molecular flexibility index (Phi) is 3.96. The van der Waals surface area contributed by atoms with Crippen LogP contribution in [0.2, 0.25) is 0 Å². The summed E-state index contributed by atoms with van der Waals surface area (Å²) in [4.78, 5) is 2.90. The molecule has 1 aromatic heterocycles. The summed E-state index contributed by atoms with van der Waals surface area (Å²) in [6, 6.07) is 4.44. The third-order valence-electron chi connectivity index (χ3n) is 1.94. The van der Waals surface area contributed by atoms with E-state index in [1.807, 2.05) is 11.3 Å². The quantitative estimate of drug-likeness (QED) is 0.810. The molecule has 0 saturated carbocycles. The van der Waals surface area contributed by atoms with Crippen LogP contribution in [0.15, 0.2) is 12.1 Å². The molecule has 1 aromatic rings. The molecule has 72 valence electrons. The average Bonchev–Trinajstić information content (AvgIpc) is 2.49. The van der Waals surface area contributed by atoms with Gasteiger partial charge < -0.3 is 0 Å². The second-order valence-electron chi connectivity index (χ2n) is 3.00. The fourth-order valence-corrected chi connectivity index (χ4v) is 4.78. The summed E-state index contributed by atoms with van der Waals surface area (Å²) in [5, 5.41) is 0.923. The Balaban J connectivity index is 1.79. The van der Waals surface area contributed by atoms with E-state index < -0.39 is 0 Å². The summed E-state index contributed by atoms with van der Waals surface area (Å²) in [6.45, 7) is 0. The van der Waals surface area contributed by atoms with Gasteiger partial charge in [0.25, 0.3) is 0 Å². The van der Waals surface area contributed by atoms with Crippen LogP contribution in [-0.2, 0) is 11.5 Å². The van der Waals surface area contributed by atoms with Gasteiger partial charge in [0.2, 0.25) is 0 Å². The summed E-state index contributed by atoms with van der Waals surface area (Å²) in [6.07, 6.45) is 0. The summed E-state index contributed by atoms with van der Waals surface area (Å²) >= 11 is 10.3. The number of thiophene rings is 1. The van der Waals surface area contributed by atoms with E-state index in [1.54, 1.807) is 0 Å². The lowest BCUT2D eigenvalue weighted by molar-refractivity contribution is 1.08. The van der Waals surface area contributed by atoms with Gasteiger partial charge in [-0.1, -0.05) is 0 Å². The molecule has 0 nitrogen and oxygen atoms in total. The lowest BCUT2D eigenvalue weighted by Gasteiger charge is -2.23. The predicted octanol–water partition coefficient (Wildman–Crippen LogP) is 3.53.